The maximum atomic E-state index is 11.7. The molecule has 0 heterocycles. The van der Waals surface area contributed by atoms with Crippen molar-refractivity contribution >= 4 is 33.5 Å². The van der Waals surface area contributed by atoms with Crippen LogP contribution in [0.25, 0.3) is 11.6 Å². The first kappa shape index (κ1) is 18.1. The predicted octanol–water partition coefficient (Wildman–Crippen LogP) is 4.87. The van der Waals surface area contributed by atoms with Gasteiger partial charge in [-0.3, -0.25) is 0 Å². The number of hydrogen-bond donors (Lipinski definition) is 1. The van der Waals surface area contributed by atoms with E-state index in [1.165, 1.54) is 0 Å². The third kappa shape index (κ3) is 4.61. The van der Waals surface area contributed by atoms with Crippen LogP contribution in [0, 0.1) is 0 Å². The number of rotatable bonds is 7. The number of hydrogen-bond acceptors (Lipinski definition) is 3. The standard InChI is InChI=1S/C19H19BrO4/c1-3-10-24-18-9-6-15(20)11-14(18)12-17(19(21)22)13-4-7-16(23-2)8-5-13/h4-9,11-12H,3,10H2,1-2H3,(H,21,22)/b17-12-. The molecule has 0 spiro atoms. The maximum Gasteiger partial charge on any atom is 0.336 e. The summed E-state index contributed by atoms with van der Waals surface area (Å²) in [5.41, 5.74) is 1.51. The number of carboxylic acid groups (broad SMARTS) is 1. The number of ether oxygens (including phenoxy) is 2. The fraction of sp³-hybridized carbons (Fsp3) is 0.211. The van der Waals surface area contributed by atoms with Crippen molar-refractivity contribution in [1.29, 1.82) is 0 Å². The van der Waals surface area contributed by atoms with Crippen molar-refractivity contribution < 1.29 is 19.4 Å². The zero-order valence-corrected chi connectivity index (χ0v) is 15.2. The molecule has 0 saturated carbocycles. The Morgan fingerprint density at radius 3 is 2.50 bits per heavy atom. The number of benzene rings is 2. The summed E-state index contributed by atoms with van der Waals surface area (Å²) >= 11 is 3.42. The van der Waals surface area contributed by atoms with E-state index in [0.717, 1.165) is 10.9 Å². The number of methoxy groups -OCH3 is 1. The van der Waals surface area contributed by atoms with E-state index in [4.69, 9.17) is 9.47 Å². The molecular weight excluding hydrogens is 372 g/mol. The Morgan fingerprint density at radius 1 is 1.21 bits per heavy atom. The first-order valence-electron chi connectivity index (χ1n) is 7.57. The molecule has 0 unspecified atom stereocenters. The molecule has 0 aromatic heterocycles. The molecule has 0 radical (unpaired) electrons. The number of halogens is 1. The van der Waals surface area contributed by atoms with Crippen LogP contribution in [0.5, 0.6) is 11.5 Å². The van der Waals surface area contributed by atoms with E-state index in [1.807, 2.05) is 25.1 Å². The fourth-order valence-corrected chi connectivity index (χ4v) is 2.55. The zero-order valence-electron chi connectivity index (χ0n) is 13.6. The Balaban J connectivity index is 2.46. The first-order valence-corrected chi connectivity index (χ1v) is 8.36. The second kappa shape index (κ2) is 8.55. The van der Waals surface area contributed by atoms with Crippen molar-refractivity contribution in [1.82, 2.24) is 0 Å². The van der Waals surface area contributed by atoms with Gasteiger partial charge < -0.3 is 14.6 Å². The second-order valence-corrected chi connectivity index (χ2v) is 6.04. The summed E-state index contributed by atoms with van der Waals surface area (Å²) in [6.45, 7) is 2.60. The van der Waals surface area contributed by atoms with Crippen LogP contribution in [0.2, 0.25) is 0 Å². The summed E-state index contributed by atoms with van der Waals surface area (Å²) < 4.78 is 11.7. The van der Waals surface area contributed by atoms with Gasteiger partial charge in [0.15, 0.2) is 0 Å². The monoisotopic (exact) mass is 390 g/mol. The molecule has 0 aliphatic heterocycles. The molecule has 0 atom stereocenters. The molecule has 0 aliphatic carbocycles. The maximum absolute atomic E-state index is 11.7. The lowest BCUT2D eigenvalue weighted by atomic mass is 10.0. The lowest BCUT2D eigenvalue weighted by molar-refractivity contribution is -0.130. The van der Waals surface area contributed by atoms with Gasteiger partial charge in [0.25, 0.3) is 0 Å². The topological polar surface area (TPSA) is 55.8 Å². The zero-order chi connectivity index (χ0) is 17.5. The van der Waals surface area contributed by atoms with Gasteiger partial charge in [0.1, 0.15) is 11.5 Å². The van der Waals surface area contributed by atoms with Crippen molar-refractivity contribution in [2.75, 3.05) is 13.7 Å². The van der Waals surface area contributed by atoms with Crippen molar-refractivity contribution in [3.63, 3.8) is 0 Å². The van der Waals surface area contributed by atoms with Crippen molar-refractivity contribution in [2.45, 2.75) is 13.3 Å². The van der Waals surface area contributed by atoms with Crippen LogP contribution in [-0.4, -0.2) is 24.8 Å². The van der Waals surface area contributed by atoms with Crippen LogP contribution < -0.4 is 9.47 Å². The van der Waals surface area contributed by atoms with Gasteiger partial charge >= 0.3 is 5.97 Å². The van der Waals surface area contributed by atoms with Gasteiger partial charge in [0.05, 0.1) is 19.3 Å². The molecule has 24 heavy (non-hydrogen) atoms. The van der Waals surface area contributed by atoms with Gasteiger partial charge in [-0.05, 0) is 48.4 Å². The normalized spacial score (nSPS) is 11.2. The van der Waals surface area contributed by atoms with E-state index >= 15 is 0 Å². The molecule has 4 nitrogen and oxygen atoms in total. The average molecular weight is 391 g/mol. The summed E-state index contributed by atoms with van der Waals surface area (Å²) in [5, 5.41) is 9.60. The van der Waals surface area contributed by atoms with Crippen LogP contribution in [0.15, 0.2) is 46.9 Å². The highest BCUT2D eigenvalue weighted by molar-refractivity contribution is 9.10. The number of carbonyl (C=O) groups is 1. The molecule has 0 fully saturated rings. The van der Waals surface area contributed by atoms with E-state index < -0.39 is 5.97 Å². The minimum atomic E-state index is -0.999. The van der Waals surface area contributed by atoms with Crippen molar-refractivity contribution in [3.8, 4) is 11.5 Å². The fourth-order valence-electron chi connectivity index (χ4n) is 2.17. The molecular formula is C19H19BrO4. The van der Waals surface area contributed by atoms with E-state index in [2.05, 4.69) is 15.9 Å². The van der Waals surface area contributed by atoms with Gasteiger partial charge in [0, 0.05) is 10.0 Å². The Kier molecular flexibility index (Phi) is 6.44. The summed E-state index contributed by atoms with van der Waals surface area (Å²) in [6, 6.07) is 12.5. The highest BCUT2D eigenvalue weighted by Crippen LogP contribution is 2.29. The molecule has 0 saturated heterocycles. The first-order chi connectivity index (χ1) is 11.5. The van der Waals surface area contributed by atoms with Gasteiger partial charge in [-0.15, -0.1) is 0 Å². The lowest BCUT2D eigenvalue weighted by Crippen LogP contribution is -2.01. The SMILES string of the molecule is CCCOc1ccc(Br)cc1/C=C(\C(=O)O)c1ccc(OC)cc1. The smallest absolute Gasteiger partial charge is 0.336 e. The minimum Gasteiger partial charge on any atom is -0.497 e. The average Bonchev–Trinajstić information content (AvgIpc) is 2.58. The summed E-state index contributed by atoms with van der Waals surface area (Å²) in [7, 11) is 1.57. The molecule has 2 rings (SSSR count). The Morgan fingerprint density at radius 2 is 1.92 bits per heavy atom. The van der Waals surface area contributed by atoms with Crippen LogP contribution in [0.3, 0.4) is 0 Å². The van der Waals surface area contributed by atoms with Crippen LogP contribution in [0.4, 0.5) is 0 Å². The second-order valence-electron chi connectivity index (χ2n) is 5.12. The van der Waals surface area contributed by atoms with Gasteiger partial charge in [0.2, 0.25) is 0 Å². The molecule has 0 amide bonds. The number of aliphatic carboxylic acids is 1. The Bertz CT molecular complexity index is 736. The van der Waals surface area contributed by atoms with E-state index in [0.29, 0.717) is 29.2 Å². The molecule has 0 bridgehead atoms. The summed E-state index contributed by atoms with van der Waals surface area (Å²) in [4.78, 5) is 11.7. The van der Waals surface area contributed by atoms with Crippen molar-refractivity contribution in [3.05, 3.63) is 58.1 Å². The third-order valence-corrected chi connectivity index (χ3v) is 3.86. The minimum absolute atomic E-state index is 0.192. The van der Waals surface area contributed by atoms with Gasteiger partial charge in [-0.25, -0.2) is 4.79 Å². The molecule has 5 heteroatoms. The summed E-state index contributed by atoms with van der Waals surface area (Å²) in [6.07, 6.45) is 2.50. The summed E-state index contributed by atoms with van der Waals surface area (Å²) in [5.74, 6) is 0.340. The van der Waals surface area contributed by atoms with Gasteiger partial charge in [-0.2, -0.15) is 0 Å². The molecule has 2 aromatic carbocycles. The Labute approximate surface area is 149 Å². The molecule has 2 aromatic rings. The quantitative estimate of drug-likeness (QED) is 0.540. The molecule has 1 N–H and O–H groups in total. The molecule has 0 aliphatic rings. The van der Waals surface area contributed by atoms with Gasteiger partial charge in [-0.1, -0.05) is 35.0 Å². The van der Waals surface area contributed by atoms with Crippen molar-refractivity contribution in [2.24, 2.45) is 0 Å². The Hall–Kier alpha value is -2.27. The molecule has 126 valence electrons. The number of carboxylic acids is 1. The van der Waals surface area contributed by atoms with E-state index in [9.17, 15) is 9.90 Å². The van der Waals surface area contributed by atoms with E-state index in [-0.39, 0.29) is 5.57 Å². The third-order valence-electron chi connectivity index (χ3n) is 3.36. The highest BCUT2D eigenvalue weighted by Gasteiger charge is 2.13. The van der Waals surface area contributed by atoms with Crippen LogP contribution in [-0.2, 0) is 4.79 Å². The van der Waals surface area contributed by atoms with E-state index in [1.54, 1.807) is 37.5 Å². The highest BCUT2D eigenvalue weighted by atomic mass is 79.9. The lowest BCUT2D eigenvalue weighted by Gasteiger charge is -2.10. The van der Waals surface area contributed by atoms with Crippen LogP contribution >= 0.6 is 15.9 Å². The largest absolute Gasteiger partial charge is 0.497 e. The predicted molar refractivity (Wildman–Crippen MR) is 98.4 cm³/mol. The van der Waals surface area contributed by atoms with Crippen LogP contribution in [0.1, 0.15) is 24.5 Å².